The summed E-state index contributed by atoms with van der Waals surface area (Å²) in [6.45, 7) is 7.52. The summed E-state index contributed by atoms with van der Waals surface area (Å²) < 4.78 is 17.4. The van der Waals surface area contributed by atoms with E-state index >= 15 is 0 Å². The maximum atomic E-state index is 12.8. The van der Waals surface area contributed by atoms with Gasteiger partial charge in [0.2, 0.25) is 0 Å². The average molecular weight is 915 g/mol. The smallest absolute Gasteiger partial charge is 0.306 e. The van der Waals surface area contributed by atoms with Crippen LogP contribution in [0.1, 0.15) is 239 Å². The predicted octanol–water partition coefficient (Wildman–Crippen LogP) is 18.8. The Morgan fingerprint density at radius 3 is 1.14 bits per heavy atom. The highest BCUT2D eigenvalue weighted by atomic mass is 16.6. The van der Waals surface area contributed by atoms with Gasteiger partial charge in [0.25, 0.3) is 0 Å². The van der Waals surface area contributed by atoms with Crippen LogP contribution in [0.3, 0.4) is 0 Å². The summed E-state index contributed by atoms with van der Waals surface area (Å²) >= 11 is 0. The molecule has 1 atom stereocenters. The number of carbonyl (C=O) groups is 2. The lowest BCUT2D eigenvalue weighted by Crippen LogP contribution is -2.30. The monoisotopic (exact) mass is 915 g/mol. The van der Waals surface area contributed by atoms with Crippen molar-refractivity contribution in [3.63, 3.8) is 0 Å². The highest BCUT2D eigenvalue weighted by Crippen LogP contribution is 2.13. The average Bonchev–Trinajstić information content (AvgIpc) is 3.32. The van der Waals surface area contributed by atoms with Crippen LogP contribution in [0.25, 0.3) is 0 Å². The topological polar surface area (TPSA) is 61.8 Å². The lowest BCUT2D eigenvalue weighted by Gasteiger charge is -2.18. The van der Waals surface area contributed by atoms with Crippen LogP contribution in [0.4, 0.5) is 0 Å². The lowest BCUT2D eigenvalue weighted by atomic mass is 10.1. The highest BCUT2D eigenvalue weighted by molar-refractivity contribution is 5.70. The van der Waals surface area contributed by atoms with Gasteiger partial charge in [-0.15, -0.1) is 0 Å². The van der Waals surface area contributed by atoms with Crippen molar-refractivity contribution in [2.45, 2.75) is 245 Å². The molecule has 0 aromatic carbocycles. The van der Waals surface area contributed by atoms with Crippen molar-refractivity contribution in [1.29, 1.82) is 0 Å². The molecule has 0 saturated carbocycles. The van der Waals surface area contributed by atoms with Crippen molar-refractivity contribution < 1.29 is 23.8 Å². The molecule has 0 aromatic heterocycles. The van der Waals surface area contributed by atoms with Gasteiger partial charge in [-0.3, -0.25) is 9.59 Å². The number of hydrogen-bond acceptors (Lipinski definition) is 5. The number of rotatable bonds is 49. The first kappa shape index (κ1) is 62.6. The third-order valence-electron chi connectivity index (χ3n) is 11.3. The first-order valence-corrected chi connectivity index (χ1v) is 27.4. The number of allylic oxidation sites excluding steroid dienone is 18. The molecule has 0 saturated heterocycles. The minimum Gasteiger partial charge on any atom is -0.462 e. The first-order chi connectivity index (χ1) is 32.6. The van der Waals surface area contributed by atoms with E-state index in [1.165, 1.54) is 89.9 Å². The van der Waals surface area contributed by atoms with E-state index in [0.717, 1.165) is 116 Å². The van der Waals surface area contributed by atoms with E-state index in [1.807, 2.05) is 0 Å². The van der Waals surface area contributed by atoms with Gasteiger partial charge in [-0.2, -0.15) is 0 Å². The summed E-state index contributed by atoms with van der Waals surface area (Å²) in [6.07, 6.45) is 76.8. The van der Waals surface area contributed by atoms with Gasteiger partial charge >= 0.3 is 11.9 Å². The molecule has 0 bridgehead atoms. The summed E-state index contributed by atoms with van der Waals surface area (Å²) in [6, 6.07) is 0. The molecule has 5 heteroatoms. The number of hydrogen-bond donors (Lipinski definition) is 0. The van der Waals surface area contributed by atoms with Crippen molar-refractivity contribution >= 4 is 11.9 Å². The summed E-state index contributed by atoms with van der Waals surface area (Å²) in [5.41, 5.74) is 0. The third kappa shape index (κ3) is 53.2. The molecule has 0 spiro atoms. The van der Waals surface area contributed by atoms with Crippen molar-refractivity contribution in [2.24, 2.45) is 0 Å². The number of unbranched alkanes of at least 4 members (excludes halogenated alkanes) is 20. The van der Waals surface area contributed by atoms with Crippen LogP contribution < -0.4 is 0 Å². The fourth-order valence-corrected chi connectivity index (χ4v) is 7.25. The van der Waals surface area contributed by atoms with Crippen LogP contribution >= 0.6 is 0 Å². The Morgan fingerprint density at radius 2 is 0.682 bits per heavy atom. The van der Waals surface area contributed by atoms with Gasteiger partial charge in [0.1, 0.15) is 6.61 Å². The molecule has 0 fully saturated rings. The van der Waals surface area contributed by atoms with E-state index in [1.54, 1.807) is 0 Å². The Hall–Kier alpha value is -3.44. The molecule has 376 valence electrons. The quantitative estimate of drug-likeness (QED) is 0.0346. The molecular weight excluding hydrogens is 813 g/mol. The van der Waals surface area contributed by atoms with Gasteiger partial charge in [-0.05, 0) is 122 Å². The van der Waals surface area contributed by atoms with E-state index in [9.17, 15) is 9.59 Å². The highest BCUT2D eigenvalue weighted by Gasteiger charge is 2.17. The molecule has 0 radical (unpaired) electrons. The van der Waals surface area contributed by atoms with Gasteiger partial charge in [0, 0.05) is 19.4 Å². The summed E-state index contributed by atoms with van der Waals surface area (Å²) in [5.74, 6) is -0.477. The normalized spacial score (nSPS) is 13.1. The van der Waals surface area contributed by atoms with E-state index in [4.69, 9.17) is 14.2 Å². The number of ether oxygens (including phenoxy) is 3. The first-order valence-electron chi connectivity index (χ1n) is 27.4. The van der Waals surface area contributed by atoms with E-state index < -0.39 is 6.10 Å². The summed E-state index contributed by atoms with van der Waals surface area (Å²) in [4.78, 5) is 25.5. The second-order valence-electron chi connectivity index (χ2n) is 17.7. The molecule has 5 nitrogen and oxygen atoms in total. The van der Waals surface area contributed by atoms with Crippen molar-refractivity contribution in [1.82, 2.24) is 0 Å². The maximum Gasteiger partial charge on any atom is 0.306 e. The molecule has 0 amide bonds. The fraction of sp³-hybridized carbons (Fsp3) is 0.672. The SMILES string of the molecule is CC/C=C\C/C=C\C/C=C\C/C=C\CCCCCCC(=O)OCC(COCCCCCCCCCC/C=C\CCCCCCCC)OC(=O)CCCC/C=C\C/C=C\C/C=C\C/C=C\CC. The summed E-state index contributed by atoms with van der Waals surface area (Å²) in [7, 11) is 0. The van der Waals surface area contributed by atoms with Crippen LogP contribution in [-0.2, 0) is 23.8 Å². The van der Waals surface area contributed by atoms with Crippen molar-refractivity contribution in [3.05, 3.63) is 109 Å². The van der Waals surface area contributed by atoms with Gasteiger partial charge in [0.05, 0.1) is 6.61 Å². The van der Waals surface area contributed by atoms with Crippen LogP contribution in [0.15, 0.2) is 109 Å². The zero-order chi connectivity index (χ0) is 47.7. The molecule has 0 aliphatic rings. The second kappa shape index (κ2) is 55.9. The molecule has 1 unspecified atom stereocenters. The molecule has 0 heterocycles. The van der Waals surface area contributed by atoms with Crippen LogP contribution in [-0.4, -0.2) is 37.9 Å². The standard InChI is InChI=1S/C61H102O5/c1-4-7-10-13-16-19-22-25-28-30-32-35-38-41-44-47-50-53-56-64-57-59(66-61(63)55-52-49-46-43-40-37-33-27-24-21-18-15-12-9-6-3)58-65-60(62)54-51-48-45-42-39-36-34-31-29-26-23-20-17-14-11-8-5-2/h8-9,11-12,17-18,20-21,25-29,33-34,36,40,43,59H,4-7,10,13-16,19,22-24,30-32,35,37-39,41-42,44-58H2,1-3H3/b11-8-,12-9-,20-17-,21-18-,28-25-,29-26-,33-27-,36-34-,43-40-. The molecule has 0 aliphatic heterocycles. The number of carbonyl (C=O) groups excluding carboxylic acids is 2. The fourth-order valence-electron chi connectivity index (χ4n) is 7.25. The van der Waals surface area contributed by atoms with Crippen molar-refractivity contribution in [2.75, 3.05) is 19.8 Å². The van der Waals surface area contributed by atoms with E-state index in [-0.39, 0.29) is 25.2 Å². The minimum absolute atomic E-state index is 0.0489. The van der Waals surface area contributed by atoms with Gasteiger partial charge in [0.15, 0.2) is 6.10 Å². The number of esters is 2. The molecule has 66 heavy (non-hydrogen) atoms. The Morgan fingerprint density at radius 1 is 0.348 bits per heavy atom. The van der Waals surface area contributed by atoms with Gasteiger partial charge in [-0.1, -0.05) is 214 Å². The molecule has 0 aromatic rings. The Bertz CT molecular complexity index is 1310. The van der Waals surface area contributed by atoms with Gasteiger partial charge in [-0.25, -0.2) is 0 Å². The third-order valence-corrected chi connectivity index (χ3v) is 11.3. The van der Waals surface area contributed by atoms with E-state index in [2.05, 4.69) is 130 Å². The molecular formula is C61H102O5. The Kier molecular flexibility index (Phi) is 53.0. The predicted molar refractivity (Wildman–Crippen MR) is 288 cm³/mol. The molecule has 0 rings (SSSR count). The van der Waals surface area contributed by atoms with Crippen molar-refractivity contribution in [3.8, 4) is 0 Å². The Balaban J connectivity index is 4.39. The maximum absolute atomic E-state index is 12.8. The second-order valence-corrected chi connectivity index (χ2v) is 17.7. The van der Waals surface area contributed by atoms with Gasteiger partial charge < -0.3 is 14.2 Å². The largest absolute Gasteiger partial charge is 0.462 e. The van der Waals surface area contributed by atoms with Crippen LogP contribution in [0.5, 0.6) is 0 Å². The van der Waals surface area contributed by atoms with Crippen LogP contribution in [0, 0.1) is 0 Å². The lowest BCUT2D eigenvalue weighted by molar-refractivity contribution is -0.163. The minimum atomic E-state index is -0.577. The van der Waals surface area contributed by atoms with E-state index in [0.29, 0.717) is 19.4 Å². The van der Waals surface area contributed by atoms with Crippen LogP contribution in [0.2, 0.25) is 0 Å². The Labute approximate surface area is 408 Å². The summed E-state index contributed by atoms with van der Waals surface area (Å²) in [5, 5.41) is 0. The molecule has 0 N–H and O–H groups in total. The zero-order valence-corrected chi connectivity index (χ0v) is 43.2. The zero-order valence-electron chi connectivity index (χ0n) is 43.2. The molecule has 0 aliphatic carbocycles.